The third-order valence-electron chi connectivity index (χ3n) is 3.50. The normalized spacial score (nSPS) is 17.2. The Balaban J connectivity index is 1.59. The monoisotopic (exact) mass is 288 g/mol. The van der Waals surface area contributed by atoms with Gasteiger partial charge in [0.15, 0.2) is 17.4 Å². The lowest BCUT2D eigenvalue weighted by atomic mass is 10.2. The number of fused-ring (bicyclic) bond motifs is 1. The van der Waals surface area contributed by atoms with Crippen LogP contribution in [0.3, 0.4) is 0 Å². The van der Waals surface area contributed by atoms with Crippen LogP contribution in [0.15, 0.2) is 28.7 Å². The van der Waals surface area contributed by atoms with Crippen LogP contribution in [-0.4, -0.2) is 36.2 Å². The molecule has 21 heavy (non-hydrogen) atoms. The van der Waals surface area contributed by atoms with Gasteiger partial charge in [0.1, 0.15) is 18.5 Å². The van der Waals surface area contributed by atoms with Crippen LogP contribution in [0.2, 0.25) is 0 Å². The Morgan fingerprint density at radius 2 is 2.00 bits per heavy atom. The molecule has 3 rings (SSSR count). The van der Waals surface area contributed by atoms with Crippen molar-refractivity contribution in [2.24, 2.45) is 0 Å². The number of para-hydroxylation sites is 2. The Morgan fingerprint density at radius 3 is 2.71 bits per heavy atom. The molecule has 0 saturated heterocycles. The van der Waals surface area contributed by atoms with Crippen LogP contribution in [0.25, 0.3) is 0 Å². The molecule has 5 heteroatoms. The summed E-state index contributed by atoms with van der Waals surface area (Å²) in [7, 11) is 2.04. The van der Waals surface area contributed by atoms with Gasteiger partial charge in [-0.15, -0.1) is 0 Å². The first-order valence-electron chi connectivity index (χ1n) is 7.12. The zero-order chi connectivity index (χ0) is 14.8. The van der Waals surface area contributed by atoms with E-state index in [1.807, 2.05) is 45.2 Å². The van der Waals surface area contributed by atoms with Crippen LogP contribution in [0.5, 0.6) is 11.5 Å². The number of oxazole rings is 1. The number of aromatic nitrogens is 1. The Hall–Kier alpha value is -2.01. The highest BCUT2D eigenvalue weighted by Gasteiger charge is 2.22. The van der Waals surface area contributed by atoms with E-state index in [0.29, 0.717) is 19.0 Å². The molecule has 0 N–H and O–H groups in total. The lowest BCUT2D eigenvalue weighted by molar-refractivity contribution is 0.0621. The van der Waals surface area contributed by atoms with Crippen molar-refractivity contribution in [3.05, 3.63) is 41.6 Å². The summed E-state index contributed by atoms with van der Waals surface area (Å²) >= 11 is 0. The van der Waals surface area contributed by atoms with E-state index < -0.39 is 0 Å². The molecule has 1 aliphatic heterocycles. The Kier molecular flexibility index (Phi) is 3.84. The van der Waals surface area contributed by atoms with Crippen molar-refractivity contribution in [2.75, 3.05) is 20.2 Å². The van der Waals surface area contributed by atoms with Gasteiger partial charge in [-0.2, -0.15) is 0 Å². The molecule has 0 saturated carbocycles. The van der Waals surface area contributed by atoms with E-state index in [2.05, 4.69) is 9.88 Å². The Labute approximate surface area is 124 Å². The second kappa shape index (κ2) is 5.77. The van der Waals surface area contributed by atoms with Gasteiger partial charge in [0.05, 0.1) is 12.2 Å². The average Bonchev–Trinajstić information content (AvgIpc) is 2.76. The van der Waals surface area contributed by atoms with Crippen LogP contribution >= 0.6 is 0 Å². The number of rotatable bonds is 4. The molecule has 2 heterocycles. The number of nitrogens with zero attached hydrogens (tertiary/aromatic N) is 2. The molecule has 0 aliphatic carbocycles. The highest BCUT2D eigenvalue weighted by molar-refractivity contribution is 5.40. The minimum Gasteiger partial charge on any atom is -0.486 e. The second-order valence-corrected chi connectivity index (χ2v) is 5.44. The number of aryl methyl sites for hydroxylation is 2. The number of hydrogen-bond donors (Lipinski definition) is 0. The summed E-state index contributed by atoms with van der Waals surface area (Å²) in [4.78, 5) is 6.45. The minimum atomic E-state index is 0.0224. The lowest BCUT2D eigenvalue weighted by Gasteiger charge is -2.29. The summed E-state index contributed by atoms with van der Waals surface area (Å²) in [5.41, 5.74) is 0.950. The SMILES string of the molecule is Cc1nc(C)c(CN(C)C[C@@H]2COc3ccccc3O2)o1. The van der Waals surface area contributed by atoms with E-state index >= 15 is 0 Å². The van der Waals surface area contributed by atoms with E-state index in [1.54, 1.807) is 0 Å². The van der Waals surface area contributed by atoms with Gasteiger partial charge in [-0.1, -0.05) is 12.1 Å². The summed E-state index contributed by atoms with van der Waals surface area (Å²) < 4.78 is 17.3. The molecule has 0 spiro atoms. The largest absolute Gasteiger partial charge is 0.486 e. The molecule has 0 bridgehead atoms. The maximum atomic E-state index is 5.96. The number of likely N-dealkylation sites (N-methyl/N-ethyl adjacent to an activating group) is 1. The van der Waals surface area contributed by atoms with Crippen molar-refractivity contribution >= 4 is 0 Å². The molecular weight excluding hydrogens is 268 g/mol. The van der Waals surface area contributed by atoms with Gasteiger partial charge in [0.2, 0.25) is 0 Å². The average molecular weight is 288 g/mol. The van der Waals surface area contributed by atoms with Gasteiger partial charge in [-0.25, -0.2) is 4.98 Å². The fourth-order valence-electron chi connectivity index (χ4n) is 2.53. The molecule has 2 aromatic rings. The first kappa shape index (κ1) is 13.9. The van der Waals surface area contributed by atoms with E-state index in [9.17, 15) is 0 Å². The molecule has 1 aromatic heterocycles. The van der Waals surface area contributed by atoms with Crippen molar-refractivity contribution in [3.63, 3.8) is 0 Å². The van der Waals surface area contributed by atoms with E-state index in [1.165, 1.54) is 0 Å². The van der Waals surface area contributed by atoms with Crippen molar-refractivity contribution in [1.29, 1.82) is 0 Å². The molecule has 5 nitrogen and oxygen atoms in total. The van der Waals surface area contributed by atoms with Gasteiger partial charge in [0.25, 0.3) is 0 Å². The van der Waals surface area contributed by atoms with Crippen molar-refractivity contribution in [1.82, 2.24) is 9.88 Å². The van der Waals surface area contributed by atoms with Crippen LogP contribution in [0, 0.1) is 13.8 Å². The van der Waals surface area contributed by atoms with Crippen molar-refractivity contribution in [2.45, 2.75) is 26.5 Å². The highest BCUT2D eigenvalue weighted by Crippen LogP contribution is 2.31. The Morgan fingerprint density at radius 1 is 1.24 bits per heavy atom. The number of benzene rings is 1. The quantitative estimate of drug-likeness (QED) is 0.865. The second-order valence-electron chi connectivity index (χ2n) is 5.44. The zero-order valence-electron chi connectivity index (χ0n) is 12.6. The van der Waals surface area contributed by atoms with E-state index in [-0.39, 0.29) is 6.10 Å². The number of hydrogen-bond acceptors (Lipinski definition) is 5. The van der Waals surface area contributed by atoms with Crippen molar-refractivity contribution in [3.8, 4) is 11.5 Å². The summed E-state index contributed by atoms with van der Waals surface area (Å²) in [5.74, 6) is 3.25. The molecule has 1 aromatic carbocycles. The van der Waals surface area contributed by atoms with E-state index in [0.717, 1.165) is 29.5 Å². The standard InChI is InChI=1S/C16H20N2O3/c1-11-16(20-12(2)17-11)9-18(3)8-13-10-19-14-6-4-5-7-15(14)21-13/h4-7,13H,8-10H2,1-3H3/t13-/m1/s1. The topological polar surface area (TPSA) is 47.7 Å². The molecule has 1 aliphatic rings. The van der Waals surface area contributed by atoms with Gasteiger partial charge in [0, 0.05) is 13.5 Å². The molecule has 0 fully saturated rings. The molecule has 0 amide bonds. The molecule has 0 unspecified atom stereocenters. The maximum Gasteiger partial charge on any atom is 0.191 e. The predicted molar refractivity (Wildman–Crippen MR) is 78.7 cm³/mol. The fourth-order valence-corrected chi connectivity index (χ4v) is 2.53. The van der Waals surface area contributed by atoms with Gasteiger partial charge >= 0.3 is 0 Å². The third-order valence-corrected chi connectivity index (χ3v) is 3.50. The molecule has 112 valence electrons. The molecule has 1 atom stereocenters. The summed E-state index contributed by atoms with van der Waals surface area (Å²) in [6.07, 6.45) is 0.0224. The van der Waals surface area contributed by atoms with Gasteiger partial charge in [-0.05, 0) is 26.1 Å². The van der Waals surface area contributed by atoms with Crippen molar-refractivity contribution < 1.29 is 13.9 Å². The first-order chi connectivity index (χ1) is 10.1. The highest BCUT2D eigenvalue weighted by atomic mass is 16.6. The number of ether oxygens (including phenoxy) is 2. The maximum absolute atomic E-state index is 5.96. The molecular formula is C16H20N2O3. The summed E-state index contributed by atoms with van der Waals surface area (Å²) in [6, 6.07) is 7.76. The van der Waals surface area contributed by atoms with Gasteiger partial charge < -0.3 is 13.9 Å². The predicted octanol–water partition coefficient (Wildman–Crippen LogP) is 2.56. The van der Waals surface area contributed by atoms with E-state index in [4.69, 9.17) is 13.9 Å². The third kappa shape index (κ3) is 3.19. The van der Waals surface area contributed by atoms with Gasteiger partial charge in [-0.3, -0.25) is 4.90 Å². The smallest absolute Gasteiger partial charge is 0.191 e. The minimum absolute atomic E-state index is 0.0224. The zero-order valence-corrected chi connectivity index (χ0v) is 12.6. The fraction of sp³-hybridized carbons (Fsp3) is 0.438. The van der Waals surface area contributed by atoms with Crippen LogP contribution in [0.1, 0.15) is 17.3 Å². The Bertz CT molecular complexity index is 624. The summed E-state index contributed by atoms with van der Waals surface area (Å²) in [5, 5.41) is 0. The lowest BCUT2D eigenvalue weighted by Crippen LogP contribution is -2.39. The van der Waals surface area contributed by atoms with Crippen LogP contribution < -0.4 is 9.47 Å². The molecule has 0 radical (unpaired) electrons. The summed E-state index contributed by atoms with van der Waals surface area (Å²) in [6.45, 7) is 5.89. The first-order valence-corrected chi connectivity index (χ1v) is 7.12. The van der Waals surface area contributed by atoms with Crippen LogP contribution in [0.4, 0.5) is 0 Å². The van der Waals surface area contributed by atoms with Crippen LogP contribution in [-0.2, 0) is 6.54 Å².